The Morgan fingerprint density at radius 2 is 1.44 bits per heavy atom. The van der Waals surface area contributed by atoms with Crippen LogP contribution in [0, 0.1) is 0 Å². The third-order valence-electron chi connectivity index (χ3n) is 0.301. The molecule has 0 aromatic carbocycles. The molecule has 0 aliphatic rings. The molecule has 9 heteroatoms. The van der Waals surface area contributed by atoms with Crippen LogP contribution in [0.1, 0.15) is 2.85 Å². The molecule has 0 aromatic rings. The van der Waals surface area contributed by atoms with Crippen LogP contribution in [0.4, 0.5) is 0 Å². The Hall–Kier alpha value is 1.63. The maximum absolute atomic E-state index is 9.51. The molecular weight excluding hydrogens is 296 g/mol. The fraction of sp³-hybridized carbons (Fsp3) is 0. The van der Waals surface area contributed by atoms with Crippen molar-refractivity contribution in [3.05, 3.63) is 0 Å². The summed E-state index contributed by atoms with van der Waals surface area (Å²) in [7, 11) is -5.17. The van der Waals surface area contributed by atoms with Crippen molar-refractivity contribution < 1.29 is 30.2 Å². The Labute approximate surface area is 94.3 Å². The molecule has 0 radical (unpaired) electrons. The van der Waals surface area contributed by atoms with E-state index in [-0.39, 0.29) is 51.7 Å². The van der Waals surface area contributed by atoms with E-state index in [2.05, 4.69) is 0 Å². The normalized spacial score (nSPS) is 12.3. The molecule has 0 spiro atoms. The standard InChI is InChI=1S/Ba.H3O6PS.2H/c;1-7(2,3)8(4,5)6;;/h;(H2,1,2,3)(H,4,5,6);;/q+2;;2*-1. The van der Waals surface area contributed by atoms with Crippen LogP contribution in [0.5, 0.6) is 0 Å². The smallest absolute Gasteiger partial charge is 1.00 e. The van der Waals surface area contributed by atoms with E-state index in [0.29, 0.717) is 0 Å². The quantitative estimate of drug-likeness (QED) is 0.319. The molecule has 0 fully saturated rings. The van der Waals surface area contributed by atoms with Crippen LogP contribution >= 0.6 is 6.80 Å². The minimum absolute atomic E-state index is 0. The number of rotatable bonds is 1. The molecule has 3 N–H and O–H groups in total. The summed E-state index contributed by atoms with van der Waals surface area (Å²) in [5.41, 5.74) is 0. The van der Waals surface area contributed by atoms with Gasteiger partial charge in [-0.15, -0.1) is 0 Å². The van der Waals surface area contributed by atoms with Gasteiger partial charge in [0.15, 0.2) is 0 Å². The van der Waals surface area contributed by atoms with Gasteiger partial charge >= 0.3 is 65.4 Å². The summed E-state index contributed by atoms with van der Waals surface area (Å²) in [6.45, 7) is -5.32. The predicted molar refractivity (Wildman–Crippen MR) is 31.6 cm³/mol. The van der Waals surface area contributed by atoms with Gasteiger partial charge in [-0.25, -0.2) is 4.57 Å². The van der Waals surface area contributed by atoms with Gasteiger partial charge in [0.25, 0.3) is 0 Å². The first-order chi connectivity index (χ1) is 3.25. The monoisotopic (exact) mass is 302 g/mol. The van der Waals surface area contributed by atoms with E-state index in [4.69, 9.17) is 14.3 Å². The second-order valence-electron chi connectivity index (χ2n) is 0.938. The van der Waals surface area contributed by atoms with E-state index in [1.54, 1.807) is 0 Å². The Bertz CT molecular complexity index is 215. The van der Waals surface area contributed by atoms with Gasteiger partial charge in [-0.05, 0) is 0 Å². The van der Waals surface area contributed by atoms with Crippen LogP contribution in [0.15, 0.2) is 0 Å². The minimum atomic E-state index is -5.32. The molecule has 54 valence electrons. The first kappa shape index (κ1) is 13.2. The van der Waals surface area contributed by atoms with Crippen molar-refractivity contribution in [3.63, 3.8) is 0 Å². The van der Waals surface area contributed by atoms with Crippen LogP contribution in [0.3, 0.4) is 0 Å². The summed E-state index contributed by atoms with van der Waals surface area (Å²) in [6, 6.07) is 0. The molecule has 9 heavy (non-hydrogen) atoms. The topological polar surface area (TPSA) is 112 Å². The average molecular weight is 301 g/mol. The molecule has 0 unspecified atom stereocenters. The van der Waals surface area contributed by atoms with E-state index in [0.717, 1.165) is 0 Å². The minimum Gasteiger partial charge on any atom is -1.00 e. The third kappa shape index (κ3) is 4.96. The van der Waals surface area contributed by atoms with Crippen molar-refractivity contribution in [3.8, 4) is 0 Å². The Balaban J connectivity index is -0.0000000817. The molecular formula is H5BaO6PS. The summed E-state index contributed by atoms with van der Waals surface area (Å²) in [5, 5.41) is 0. The molecule has 0 atom stereocenters. The van der Waals surface area contributed by atoms with Crippen molar-refractivity contribution in [2.24, 2.45) is 0 Å². The molecule has 0 aliphatic carbocycles. The summed E-state index contributed by atoms with van der Waals surface area (Å²) in [6.07, 6.45) is 0. The van der Waals surface area contributed by atoms with Gasteiger partial charge in [-0.1, -0.05) is 0 Å². The molecule has 0 bridgehead atoms. The second-order valence-corrected chi connectivity index (χ2v) is 5.63. The predicted octanol–water partition coefficient (Wildman–Crippen LogP) is -1.19. The SMILES string of the molecule is O=P(O)(O)S(=O)(=O)O.[Ba+2].[H-].[H-]. The van der Waals surface area contributed by atoms with Crippen molar-refractivity contribution in [2.75, 3.05) is 0 Å². The Morgan fingerprint density at radius 1 is 1.33 bits per heavy atom. The largest absolute Gasteiger partial charge is 2.00 e. The first-order valence-corrected chi connectivity index (χ1v) is 4.94. The molecule has 0 rings (SSSR count). The third-order valence-corrected chi connectivity index (χ3v) is 2.70. The maximum Gasteiger partial charge on any atom is 2.00 e. The molecule has 0 saturated carbocycles. The van der Waals surface area contributed by atoms with E-state index in [9.17, 15) is 13.0 Å². The van der Waals surface area contributed by atoms with Crippen molar-refractivity contribution in [1.29, 1.82) is 0 Å². The zero-order valence-electron chi connectivity index (χ0n) is 6.13. The molecule has 0 amide bonds. The van der Waals surface area contributed by atoms with Gasteiger partial charge in [0.2, 0.25) is 0 Å². The first-order valence-electron chi connectivity index (χ1n) is 1.28. The van der Waals surface area contributed by atoms with Crippen LogP contribution in [-0.2, 0) is 14.3 Å². The van der Waals surface area contributed by atoms with Crippen molar-refractivity contribution >= 4 is 65.4 Å². The zero-order chi connectivity index (χ0) is 7.00. The van der Waals surface area contributed by atoms with Crippen molar-refractivity contribution in [1.82, 2.24) is 0 Å². The number of hydrogen-bond acceptors (Lipinski definition) is 3. The van der Waals surface area contributed by atoms with Gasteiger partial charge in [0.05, 0.1) is 0 Å². The fourth-order valence-corrected chi connectivity index (χ4v) is 0. The average Bonchev–Trinajstić information content (AvgIpc) is 1.25. The Morgan fingerprint density at radius 3 is 1.44 bits per heavy atom. The van der Waals surface area contributed by atoms with Crippen LogP contribution in [-0.4, -0.2) is 71.6 Å². The summed E-state index contributed by atoms with van der Waals surface area (Å²) < 4.78 is 36.0. The molecule has 0 aromatic heterocycles. The zero-order valence-corrected chi connectivity index (χ0v) is 10.3. The molecule has 0 saturated heterocycles. The van der Waals surface area contributed by atoms with Gasteiger partial charge < -0.3 is 12.6 Å². The summed E-state index contributed by atoms with van der Waals surface area (Å²) >= 11 is 0. The van der Waals surface area contributed by atoms with E-state index < -0.39 is 16.5 Å². The fourth-order valence-electron chi connectivity index (χ4n) is 0. The van der Waals surface area contributed by atoms with Gasteiger partial charge in [-0.2, -0.15) is 8.42 Å². The second kappa shape index (κ2) is 3.86. The van der Waals surface area contributed by atoms with Gasteiger partial charge in [0, 0.05) is 0 Å². The van der Waals surface area contributed by atoms with Gasteiger partial charge in [-0.3, -0.25) is 4.55 Å². The molecule has 6 nitrogen and oxygen atoms in total. The van der Waals surface area contributed by atoms with Crippen LogP contribution in [0.2, 0.25) is 0 Å². The molecule has 0 heterocycles. The molecule has 0 aliphatic heterocycles. The van der Waals surface area contributed by atoms with E-state index >= 15 is 0 Å². The van der Waals surface area contributed by atoms with Gasteiger partial charge in [0.1, 0.15) is 0 Å². The van der Waals surface area contributed by atoms with Crippen LogP contribution in [0.25, 0.3) is 0 Å². The summed E-state index contributed by atoms with van der Waals surface area (Å²) in [5.74, 6) is 0. The van der Waals surface area contributed by atoms with E-state index in [1.165, 1.54) is 0 Å². The Kier molecular flexibility index (Phi) is 5.68. The van der Waals surface area contributed by atoms with E-state index in [1.807, 2.05) is 0 Å². The van der Waals surface area contributed by atoms with Crippen LogP contribution < -0.4 is 0 Å². The maximum atomic E-state index is 9.51. The summed E-state index contributed by atoms with van der Waals surface area (Å²) in [4.78, 5) is 15.3. The number of hydrogen-bond donors (Lipinski definition) is 3. The van der Waals surface area contributed by atoms with Crippen molar-refractivity contribution in [2.45, 2.75) is 0 Å².